The van der Waals surface area contributed by atoms with E-state index in [-0.39, 0.29) is 11.4 Å². The first kappa shape index (κ1) is 20.9. The highest BCUT2D eigenvalue weighted by molar-refractivity contribution is 8.00. The molecule has 0 aliphatic rings. The van der Waals surface area contributed by atoms with Crippen LogP contribution in [-0.4, -0.2) is 26.3 Å². The fraction of sp³-hybridized carbons (Fsp3) is 0.136. The Morgan fingerprint density at radius 2 is 1.87 bits per heavy atom. The van der Waals surface area contributed by atoms with E-state index in [2.05, 4.69) is 15.4 Å². The predicted molar refractivity (Wildman–Crippen MR) is 114 cm³/mol. The Morgan fingerprint density at radius 1 is 1.13 bits per heavy atom. The van der Waals surface area contributed by atoms with Gasteiger partial charge in [0.15, 0.2) is 0 Å². The molecule has 0 saturated carbocycles. The van der Waals surface area contributed by atoms with Gasteiger partial charge in [-0.3, -0.25) is 4.79 Å². The maximum absolute atomic E-state index is 13.1. The van der Waals surface area contributed by atoms with Gasteiger partial charge in [-0.15, -0.1) is 0 Å². The molecule has 158 valence electrons. The Bertz CT molecular complexity index is 1240. The summed E-state index contributed by atoms with van der Waals surface area (Å²) in [4.78, 5) is 16.6. The summed E-state index contributed by atoms with van der Waals surface area (Å²) in [5, 5.41) is 7.45. The van der Waals surface area contributed by atoms with Crippen molar-refractivity contribution in [3.05, 3.63) is 78.1 Å². The van der Waals surface area contributed by atoms with Crippen LogP contribution in [0.2, 0.25) is 0 Å². The standard InChI is InChI=1S/C22H17F3N4OS/c1-14-6-8-15(9-7-14)18-12-19-21(26-10-11-29(19)28-18)31-13-20(30)27-17-5-3-2-4-16(17)22(23,24)25/h2-12H,13H2,1H3,(H,27,30). The fourth-order valence-electron chi connectivity index (χ4n) is 3.03. The van der Waals surface area contributed by atoms with Gasteiger partial charge in [0.2, 0.25) is 5.91 Å². The van der Waals surface area contributed by atoms with Crippen molar-refractivity contribution in [1.82, 2.24) is 14.6 Å². The first-order chi connectivity index (χ1) is 14.8. The van der Waals surface area contributed by atoms with E-state index in [1.165, 1.54) is 18.2 Å². The van der Waals surface area contributed by atoms with Gasteiger partial charge >= 0.3 is 6.18 Å². The van der Waals surface area contributed by atoms with Crippen LogP contribution in [0.1, 0.15) is 11.1 Å². The molecule has 9 heteroatoms. The summed E-state index contributed by atoms with van der Waals surface area (Å²) in [6.07, 6.45) is -1.27. The molecular formula is C22H17F3N4OS. The van der Waals surface area contributed by atoms with Crippen molar-refractivity contribution < 1.29 is 18.0 Å². The average molecular weight is 442 g/mol. The van der Waals surface area contributed by atoms with E-state index in [9.17, 15) is 18.0 Å². The molecule has 0 fully saturated rings. The van der Waals surface area contributed by atoms with E-state index < -0.39 is 17.6 Å². The number of hydrogen-bond acceptors (Lipinski definition) is 4. The van der Waals surface area contributed by atoms with Crippen LogP contribution in [0.15, 0.2) is 72.0 Å². The lowest BCUT2D eigenvalue weighted by Crippen LogP contribution is -2.18. The Hall–Kier alpha value is -3.33. The lowest BCUT2D eigenvalue weighted by atomic mass is 10.1. The molecule has 1 N–H and O–H groups in total. The molecular weight excluding hydrogens is 425 g/mol. The van der Waals surface area contributed by atoms with Gasteiger partial charge in [0.1, 0.15) is 5.03 Å². The van der Waals surface area contributed by atoms with E-state index in [0.29, 0.717) is 10.5 Å². The molecule has 0 saturated heterocycles. The fourth-order valence-corrected chi connectivity index (χ4v) is 3.81. The highest BCUT2D eigenvalue weighted by Crippen LogP contribution is 2.34. The molecule has 0 atom stereocenters. The Balaban J connectivity index is 1.51. The van der Waals surface area contributed by atoms with Crippen LogP contribution in [0.5, 0.6) is 0 Å². The molecule has 0 aliphatic heterocycles. The molecule has 0 bridgehead atoms. The number of thioether (sulfide) groups is 1. The molecule has 31 heavy (non-hydrogen) atoms. The summed E-state index contributed by atoms with van der Waals surface area (Å²) < 4.78 is 41.0. The molecule has 1 amide bonds. The monoisotopic (exact) mass is 442 g/mol. The number of para-hydroxylation sites is 1. The third-order valence-corrected chi connectivity index (χ3v) is 5.54. The average Bonchev–Trinajstić information content (AvgIpc) is 3.17. The second-order valence-corrected chi connectivity index (χ2v) is 7.80. The van der Waals surface area contributed by atoms with Gasteiger partial charge in [0, 0.05) is 18.0 Å². The molecule has 5 nitrogen and oxygen atoms in total. The molecule has 0 spiro atoms. The van der Waals surface area contributed by atoms with Gasteiger partial charge in [-0.1, -0.05) is 53.7 Å². The summed E-state index contributed by atoms with van der Waals surface area (Å²) in [5.41, 5.74) is 2.42. The van der Waals surface area contributed by atoms with E-state index >= 15 is 0 Å². The number of hydrogen-bond donors (Lipinski definition) is 1. The topological polar surface area (TPSA) is 59.3 Å². The highest BCUT2D eigenvalue weighted by Gasteiger charge is 2.33. The number of halogens is 3. The predicted octanol–water partition coefficient (Wildman–Crippen LogP) is 5.45. The summed E-state index contributed by atoms with van der Waals surface area (Å²) in [5.74, 6) is -0.645. The van der Waals surface area contributed by atoms with Crippen molar-refractivity contribution in [3.63, 3.8) is 0 Å². The molecule has 0 radical (unpaired) electrons. The smallest absolute Gasteiger partial charge is 0.325 e. The number of anilines is 1. The Morgan fingerprint density at radius 3 is 2.61 bits per heavy atom. The minimum absolute atomic E-state index is 0.0933. The lowest BCUT2D eigenvalue weighted by Gasteiger charge is -2.13. The molecule has 4 rings (SSSR count). The number of carbonyl (C=O) groups is 1. The van der Waals surface area contributed by atoms with Crippen molar-refractivity contribution in [1.29, 1.82) is 0 Å². The SMILES string of the molecule is Cc1ccc(-c2cc3c(SCC(=O)Nc4ccccc4C(F)(F)F)nccn3n2)cc1. The molecule has 2 aromatic carbocycles. The number of nitrogens with zero attached hydrogens (tertiary/aromatic N) is 3. The summed E-state index contributed by atoms with van der Waals surface area (Å²) in [7, 11) is 0. The minimum Gasteiger partial charge on any atom is -0.325 e. The largest absolute Gasteiger partial charge is 0.418 e. The quantitative estimate of drug-likeness (QED) is 0.418. The summed E-state index contributed by atoms with van der Waals surface area (Å²) in [6.45, 7) is 2.00. The number of carbonyl (C=O) groups excluding carboxylic acids is 1. The zero-order valence-corrected chi connectivity index (χ0v) is 17.2. The minimum atomic E-state index is -4.55. The van der Waals surface area contributed by atoms with Gasteiger partial charge < -0.3 is 5.32 Å². The Kier molecular flexibility index (Phi) is 5.69. The van der Waals surface area contributed by atoms with Gasteiger partial charge in [-0.2, -0.15) is 18.3 Å². The third kappa shape index (κ3) is 4.72. The van der Waals surface area contributed by atoms with Crippen LogP contribution in [0.4, 0.5) is 18.9 Å². The third-order valence-electron chi connectivity index (χ3n) is 4.55. The number of nitrogens with one attached hydrogen (secondary N) is 1. The zero-order valence-electron chi connectivity index (χ0n) is 16.3. The van der Waals surface area contributed by atoms with Gasteiger partial charge in [-0.05, 0) is 25.1 Å². The number of alkyl halides is 3. The number of aryl methyl sites for hydroxylation is 1. The van der Waals surface area contributed by atoms with Crippen LogP contribution in [0, 0.1) is 6.92 Å². The maximum Gasteiger partial charge on any atom is 0.418 e. The van der Waals surface area contributed by atoms with Crippen LogP contribution in [0.25, 0.3) is 16.8 Å². The van der Waals surface area contributed by atoms with Crippen molar-refractivity contribution >= 4 is 28.9 Å². The summed E-state index contributed by atoms with van der Waals surface area (Å²) in [6, 6.07) is 14.7. The highest BCUT2D eigenvalue weighted by atomic mass is 32.2. The van der Waals surface area contributed by atoms with Gasteiger partial charge in [0.05, 0.1) is 28.2 Å². The number of rotatable bonds is 5. The van der Waals surface area contributed by atoms with E-state index in [4.69, 9.17) is 0 Å². The molecule has 0 aliphatic carbocycles. The molecule has 4 aromatic rings. The normalized spacial score (nSPS) is 11.6. The number of amides is 1. The van der Waals surface area contributed by atoms with Gasteiger partial charge in [-0.25, -0.2) is 9.50 Å². The van der Waals surface area contributed by atoms with Crippen LogP contribution in [0.3, 0.4) is 0 Å². The van der Waals surface area contributed by atoms with Crippen LogP contribution < -0.4 is 5.32 Å². The Labute approximate surface area is 180 Å². The zero-order chi connectivity index (χ0) is 22.0. The van der Waals surface area contributed by atoms with E-state index in [0.717, 1.165) is 34.6 Å². The molecule has 0 unspecified atom stereocenters. The lowest BCUT2D eigenvalue weighted by molar-refractivity contribution is -0.137. The van der Waals surface area contributed by atoms with E-state index in [1.807, 2.05) is 37.3 Å². The molecule has 2 aromatic heterocycles. The van der Waals surface area contributed by atoms with E-state index in [1.54, 1.807) is 16.9 Å². The maximum atomic E-state index is 13.1. The van der Waals surface area contributed by atoms with Crippen LogP contribution in [-0.2, 0) is 11.0 Å². The second-order valence-electron chi connectivity index (χ2n) is 6.84. The van der Waals surface area contributed by atoms with Crippen LogP contribution >= 0.6 is 11.8 Å². The first-order valence-electron chi connectivity index (χ1n) is 9.31. The van der Waals surface area contributed by atoms with Crippen molar-refractivity contribution in [3.8, 4) is 11.3 Å². The first-order valence-corrected chi connectivity index (χ1v) is 10.3. The number of fused-ring (bicyclic) bond motifs is 1. The van der Waals surface area contributed by atoms with Gasteiger partial charge in [0.25, 0.3) is 0 Å². The molecule has 2 heterocycles. The second kappa shape index (κ2) is 8.43. The number of aromatic nitrogens is 3. The number of benzene rings is 2. The summed E-state index contributed by atoms with van der Waals surface area (Å²) >= 11 is 1.14. The van der Waals surface area contributed by atoms with Crippen molar-refractivity contribution in [2.24, 2.45) is 0 Å². The van der Waals surface area contributed by atoms with Crippen molar-refractivity contribution in [2.75, 3.05) is 11.1 Å². The van der Waals surface area contributed by atoms with Crippen molar-refractivity contribution in [2.45, 2.75) is 18.1 Å².